The Labute approximate surface area is 232 Å². The summed E-state index contributed by atoms with van der Waals surface area (Å²) in [5.41, 5.74) is -0.181. The Kier molecular flexibility index (Phi) is 6.95. The molecule has 5 heterocycles. The zero-order valence-electron chi connectivity index (χ0n) is 22.0. The number of anilines is 2. The fourth-order valence-electron chi connectivity index (χ4n) is 5.30. The maximum atomic E-state index is 15.3. The quantitative estimate of drug-likeness (QED) is 0.449. The number of methoxy groups -OCH3 is 1. The zero-order valence-corrected chi connectivity index (χ0v) is 22.0. The maximum Gasteiger partial charge on any atom is 0.414 e. The lowest BCUT2D eigenvalue weighted by Crippen LogP contribution is -2.44. The number of carbonyl (C=O) groups excluding carboxylic acids is 3. The van der Waals surface area contributed by atoms with E-state index in [2.05, 4.69) is 10.4 Å². The molecule has 3 aromatic rings. The highest BCUT2D eigenvalue weighted by Crippen LogP contribution is 2.32. The number of carbonyl (C=O) groups is 3. The van der Waals surface area contributed by atoms with Gasteiger partial charge in [0.1, 0.15) is 17.8 Å². The molecule has 0 bridgehead atoms. The van der Waals surface area contributed by atoms with Crippen molar-refractivity contribution < 1.29 is 37.1 Å². The average molecular weight is 572 g/mol. The monoisotopic (exact) mass is 571 g/mol. The van der Waals surface area contributed by atoms with Crippen molar-refractivity contribution in [3.8, 4) is 5.95 Å². The van der Waals surface area contributed by atoms with Crippen molar-refractivity contribution in [2.45, 2.75) is 18.7 Å². The number of benzene rings is 1. The van der Waals surface area contributed by atoms with E-state index in [0.717, 1.165) is 12.1 Å². The van der Waals surface area contributed by atoms with Gasteiger partial charge in [-0.05, 0) is 12.1 Å². The van der Waals surface area contributed by atoms with E-state index in [1.807, 2.05) is 0 Å². The fourth-order valence-corrected chi connectivity index (χ4v) is 5.30. The summed E-state index contributed by atoms with van der Waals surface area (Å²) >= 11 is 0. The second-order valence-electron chi connectivity index (χ2n) is 9.81. The number of ether oxygens (including phenoxy) is 2. The van der Waals surface area contributed by atoms with Gasteiger partial charge in [-0.2, -0.15) is 5.10 Å². The van der Waals surface area contributed by atoms with Crippen molar-refractivity contribution in [3.05, 3.63) is 60.1 Å². The minimum atomic E-state index is -0.828. The molecule has 3 amide bonds. The Morgan fingerprint density at radius 1 is 1.12 bits per heavy atom. The third kappa shape index (κ3) is 5.15. The number of cyclic esters (lactones) is 1. The van der Waals surface area contributed by atoms with Crippen molar-refractivity contribution in [1.29, 1.82) is 0 Å². The predicted molar refractivity (Wildman–Crippen MR) is 138 cm³/mol. The van der Waals surface area contributed by atoms with Gasteiger partial charge in [-0.25, -0.2) is 18.6 Å². The number of fused-ring (bicyclic) bond motifs is 1. The van der Waals surface area contributed by atoms with Crippen LogP contribution in [0.15, 0.2) is 47.1 Å². The van der Waals surface area contributed by atoms with Crippen LogP contribution in [0.4, 0.5) is 25.0 Å². The van der Waals surface area contributed by atoms with E-state index in [0.29, 0.717) is 13.1 Å². The van der Waals surface area contributed by atoms with Gasteiger partial charge in [0.15, 0.2) is 17.4 Å². The molecule has 0 saturated carbocycles. The molecule has 3 aliphatic rings. The third-order valence-electron chi connectivity index (χ3n) is 7.26. The number of amides is 3. The summed E-state index contributed by atoms with van der Waals surface area (Å²) in [5, 5.41) is 9.99. The Morgan fingerprint density at radius 2 is 1.90 bits per heavy atom. The molecule has 216 valence electrons. The molecule has 1 aromatic carbocycles. The van der Waals surface area contributed by atoms with Crippen molar-refractivity contribution in [2.75, 3.05) is 56.2 Å². The standard InChI is InChI=1S/C26H27F2N7O6/c1-39-22-4-3-21(41-22)24(36)30-20-15-33-9-7-31(8-10-35(33)25(20)37)23-18(27)11-16(12-19(23)28)34-14-17(40-26(34)38)13-32-6-2-5-29-32/h2-6,11-12,17,20H,7-10,13-15H2,1H3,(H,30,36)/t17-,20-/m0/s1. The number of hydrogen-bond donors (Lipinski definition) is 1. The number of hydrazine groups is 1. The first-order valence-electron chi connectivity index (χ1n) is 13.0. The minimum Gasteiger partial charge on any atom is -0.468 e. The van der Waals surface area contributed by atoms with Crippen molar-refractivity contribution in [3.63, 3.8) is 0 Å². The van der Waals surface area contributed by atoms with Crippen LogP contribution in [0.25, 0.3) is 0 Å². The molecule has 0 spiro atoms. The molecule has 2 atom stereocenters. The number of aromatic nitrogens is 2. The molecule has 0 radical (unpaired) electrons. The Hall–Kier alpha value is -4.66. The second kappa shape index (κ2) is 10.7. The number of nitrogens with zero attached hydrogens (tertiary/aromatic N) is 6. The third-order valence-corrected chi connectivity index (χ3v) is 7.26. The Morgan fingerprint density at radius 3 is 2.61 bits per heavy atom. The van der Waals surface area contributed by atoms with Gasteiger partial charge in [0.25, 0.3) is 17.8 Å². The summed E-state index contributed by atoms with van der Waals surface area (Å²) in [5.74, 6) is -2.34. The molecular formula is C26H27F2N7O6. The highest BCUT2D eigenvalue weighted by atomic mass is 19.1. The smallest absolute Gasteiger partial charge is 0.414 e. The maximum absolute atomic E-state index is 15.3. The van der Waals surface area contributed by atoms with Gasteiger partial charge in [-0.15, -0.1) is 0 Å². The van der Waals surface area contributed by atoms with Crippen LogP contribution in [-0.2, 0) is 16.1 Å². The van der Waals surface area contributed by atoms with E-state index in [4.69, 9.17) is 13.9 Å². The van der Waals surface area contributed by atoms with E-state index in [9.17, 15) is 14.4 Å². The van der Waals surface area contributed by atoms with Crippen LogP contribution in [-0.4, -0.2) is 96.2 Å². The van der Waals surface area contributed by atoms with Gasteiger partial charge in [0, 0.05) is 56.8 Å². The first kappa shape index (κ1) is 26.6. The molecule has 2 aromatic heterocycles. The van der Waals surface area contributed by atoms with E-state index >= 15 is 8.78 Å². The van der Waals surface area contributed by atoms with Crippen LogP contribution in [0.1, 0.15) is 10.6 Å². The van der Waals surface area contributed by atoms with Crippen LogP contribution in [0.2, 0.25) is 0 Å². The highest BCUT2D eigenvalue weighted by molar-refractivity contribution is 5.96. The first-order valence-corrected chi connectivity index (χ1v) is 13.0. The fraction of sp³-hybridized carbons (Fsp3) is 0.385. The molecule has 41 heavy (non-hydrogen) atoms. The summed E-state index contributed by atoms with van der Waals surface area (Å²) in [6.07, 6.45) is 2.13. The first-order chi connectivity index (χ1) is 19.8. The number of nitrogens with one attached hydrogen (secondary N) is 1. The SMILES string of the molecule is COc1ccc(C(=O)N[C@H]2CN3CCN(c4c(F)cc(N5C[C@H](Cn6cccn6)OC5=O)cc4F)CCN3C2=O)o1. The van der Waals surface area contributed by atoms with Gasteiger partial charge < -0.3 is 24.1 Å². The molecule has 0 unspecified atom stereocenters. The lowest BCUT2D eigenvalue weighted by Gasteiger charge is -2.25. The van der Waals surface area contributed by atoms with E-state index < -0.39 is 35.8 Å². The van der Waals surface area contributed by atoms with Crippen LogP contribution >= 0.6 is 0 Å². The van der Waals surface area contributed by atoms with Gasteiger partial charge in [-0.1, -0.05) is 0 Å². The van der Waals surface area contributed by atoms with Crippen LogP contribution in [0, 0.1) is 11.6 Å². The normalized spacial score (nSPS) is 21.2. The minimum absolute atomic E-state index is 0.0166. The van der Waals surface area contributed by atoms with Crippen LogP contribution in [0.5, 0.6) is 5.95 Å². The van der Waals surface area contributed by atoms with Crippen molar-refractivity contribution in [2.24, 2.45) is 0 Å². The molecule has 0 aliphatic carbocycles. The predicted octanol–water partition coefficient (Wildman–Crippen LogP) is 1.47. The van der Waals surface area contributed by atoms with E-state index in [1.54, 1.807) is 28.2 Å². The molecule has 3 saturated heterocycles. The summed E-state index contributed by atoms with van der Waals surface area (Å²) in [6, 6.07) is 6.12. The molecule has 3 fully saturated rings. The van der Waals surface area contributed by atoms with Crippen LogP contribution < -0.4 is 19.9 Å². The summed E-state index contributed by atoms with van der Waals surface area (Å²) in [7, 11) is 1.41. The number of rotatable bonds is 7. The molecule has 6 rings (SSSR count). The highest BCUT2D eigenvalue weighted by Gasteiger charge is 2.41. The molecule has 3 aliphatic heterocycles. The van der Waals surface area contributed by atoms with Gasteiger partial charge in [0.2, 0.25) is 0 Å². The number of hydrogen-bond acceptors (Lipinski definition) is 9. The van der Waals surface area contributed by atoms with Crippen molar-refractivity contribution >= 4 is 29.3 Å². The summed E-state index contributed by atoms with van der Waals surface area (Å²) in [6.45, 7) is 1.48. The molecular weight excluding hydrogens is 544 g/mol. The van der Waals surface area contributed by atoms with E-state index in [1.165, 1.54) is 34.1 Å². The Bertz CT molecular complexity index is 1440. The molecule has 15 heteroatoms. The number of halogens is 2. The largest absolute Gasteiger partial charge is 0.468 e. The lowest BCUT2D eigenvalue weighted by atomic mass is 10.2. The zero-order chi connectivity index (χ0) is 28.7. The molecule has 1 N–H and O–H groups in total. The average Bonchev–Trinajstić information content (AvgIpc) is 3.73. The van der Waals surface area contributed by atoms with Crippen molar-refractivity contribution in [1.82, 2.24) is 25.1 Å². The van der Waals surface area contributed by atoms with Crippen LogP contribution in [0.3, 0.4) is 0 Å². The van der Waals surface area contributed by atoms with Gasteiger partial charge >= 0.3 is 6.09 Å². The second-order valence-corrected chi connectivity index (χ2v) is 9.81. The number of furan rings is 1. The topological polar surface area (TPSA) is 126 Å². The molecule has 13 nitrogen and oxygen atoms in total. The lowest BCUT2D eigenvalue weighted by molar-refractivity contribution is -0.137. The Balaban J connectivity index is 1.10. The summed E-state index contributed by atoms with van der Waals surface area (Å²) < 4.78 is 47.8. The van der Waals surface area contributed by atoms with Gasteiger partial charge in [0.05, 0.1) is 32.4 Å². The van der Waals surface area contributed by atoms with E-state index in [-0.39, 0.29) is 61.7 Å². The summed E-state index contributed by atoms with van der Waals surface area (Å²) in [4.78, 5) is 40.7. The van der Waals surface area contributed by atoms with Gasteiger partial charge in [-0.3, -0.25) is 24.2 Å².